The summed E-state index contributed by atoms with van der Waals surface area (Å²) in [6.45, 7) is 4.35. The van der Waals surface area contributed by atoms with Crippen LogP contribution in [0.3, 0.4) is 0 Å². The summed E-state index contributed by atoms with van der Waals surface area (Å²) in [6, 6.07) is 29.8. The zero-order chi connectivity index (χ0) is 29.1. The molecular weight excluding hydrogens is 530 g/mol. The van der Waals surface area contributed by atoms with Crippen LogP contribution in [-0.4, -0.2) is 56.5 Å². The third kappa shape index (κ3) is 5.58. The molecule has 0 aliphatic carbocycles. The van der Waals surface area contributed by atoms with Crippen molar-refractivity contribution in [2.75, 3.05) is 24.5 Å². The van der Waals surface area contributed by atoms with Crippen molar-refractivity contribution >= 4 is 22.7 Å². The number of nitrogens with zero attached hydrogens (tertiary/aromatic N) is 5. The fourth-order valence-electron chi connectivity index (χ4n) is 5.48. The number of benzene rings is 3. The normalized spacial score (nSPS) is 15.1. The molecule has 42 heavy (non-hydrogen) atoms. The molecule has 6 rings (SSSR count). The number of carbonyl (C=O) groups is 1. The summed E-state index contributed by atoms with van der Waals surface area (Å²) < 4.78 is 14.2. The van der Waals surface area contributed by atoms with E-state index in [4.69, 9.17) is 19.6 Å². The summed E-state index contributed by atoms with van der Waals surface area (Å²) in [5, 5.41) is 15.4. The first-order chi connectivity index (χ1) is 20.5. The van der Waals surface area contributed by atoms with Gasteiger partial charge in [0.2, 0.25) is 11.8 Å². The molecule has 0 unspecified atom stereocenters. The molecule has 9 heteroatoms. The van der Waals surface area contributed by atoms with Gasteiger partial charge >= 0.3 is 6.09 Å². The topological polar surface area (TPSA) is 93.0 Å². The van der Waals surface area contributed by atoms with Gasteiger partial charge in [-0.15, -0.1) is 0 Å². The lowest BCUT2D eigenvalue weighted by Crippen LogP contribution is -2.53. The highest BCUT2D eigenvalue weighted by molar-refractivity contribution is 6.01. The van der Waals surface area contributed by atoms with Gasteiger partial charge in [-0.25, -0.2) is 4.79 Å². The van der Waals surface area contributed by atoms with Crippen LogP contribution in [0.5, 0.6) is 11.8 Å². The van der Waals surface area contributed by atoms with E-state index in [0.29, 0.717) is 44.6 Å². The first-order valence-corrected chi connectivity index (χ1v) is 14.0. The number of aromatic nitrogens is 3. The van der Waals surface area contributed by atoms with Crippen molar-refractivity contribution < 1.29 is 19.4 Å². The smallest absolute Gasteiger partial charge is 0.407 e. The lowest BCUT2D eigenvalue weighted by atomic mass is 10.1. The number of amides is 1. The number of anilines is 1. The zero-order valence-electron chi connectivity index (χ0n) is 23.7. The molecule has 9 nitrogen and oxygen atoms in total. The molecule has 0 radical (unpaired) electrons. The summed E-state index contributed by atoms with van der Waals surface area (Å²) in [6.07, 6.45) is -0.880. The lowest BCUT2D eigenvalue weighted by molar-refractivity contribution is 0.123. The van der Waals surface area contributed by atoms with Crippen LogP contribution in [0.1, 0.15) is 18.1 Å². The Labute approximate surface area is 244 Å². The van der Waals surface area contributed by atoms with Crippen molar-refractivity contribution in [3.8, 4) is 23.0 Å². The van der Waals surface area contributed by atoms with Gasteiger partial charge in [0.15, 0.2) is 0 Å². The van der Waals surface area contributed by atoms with Gasteiger partial charge in [-0.05, 0) is 30.2 Å². The quantitative estimate of drug-likeness (QED) is 0.248. The van der Waals surface area contributed by atoms with Crippen LogP contribution < -0.4 is 14.4 Å². The molecule has 2 aromatic heterocycles. The van der Waals surface area contributed by atoms with Gasteiger partial charge in [-0.3, -0.25) is 4.68 Å². The summed E-state index contributed by atoms with van der Waals surface area (Å²) in [4.78, 5) is 20.1. The predicted octanol–water partition coefficient (Wildman–Crippen LogP) is 5.98. The molecule has 3 heterocycles. The summed E-state index contributed by atoms with van der Waals surface area (Å²) in [5.74, 6) is 0.912. The number of piperazine rings is 1. The van der Waals surface area contributed by atoms with E-state index in [1.54, 1.807) is 0 Å². The van der Waals surface area contributed by atoms with Crippen LogP contribution in [0, 0.1) is 0 Å². The van der Waals surface area contributed by atoms with Crippen LogP contribution in [-0.2, 0) is 20.3 Å². The number of ether oxygens (including phenoxy) is 2. The summed E-state index contributed by atoms with van der Waals surface area (Å²) >= 11 is 0. The van der Waals surface area contributed by atoms with Crippen molar-refractivity contribution in [2.45, 2.75) is 26.2 Å². The van der Waals surface area contributed by atoms with Crippen molar-refractivity contribution in [2.24, 2.45) is 7.05 Å². The second-order valence-electron chi connectivity index (χ2n) is 10.5. The standard InChI is InChI=1S/C33H33N5O4/c1-23-20-37(18-19-38(23)33(39)40)28-15-9-14-26-30(35-36(2)31(26)28)27-16-17-29(41-21-24-10-5-3-6-11-24)34-32(27)42-22-25-12-7-4-8-13-25/h3-17,23H,18-22H2,1-2H3,(H,39,40)/t23-/m0/s1. The lowest BCUT2D eigenvalue weighted by Gasteiger charge is -2.39. The molecule has 1 aliphatic rings. The molecule has 0 spiro atoms. The molecule has 3 aromatic carbocycles. The molecule has 214 valence electrons. The van der Waals surface area contributed by atoms with Gasteiger partial charge in [-0.1, -0.05) is 72.8 Å². The van der Waals surface area contributed by atoms with E-state index < -0.39 is 6.09 Å². The van der Waals surface area contributed by atoms with Gasteiger partial charge in [-0.2, -0.15) is 10.1 Å². The average molecular weight is 564 g/mol. The molecule has 1 atom stereocenters. The Kier molecular flexibility index (Phi) is 7.64. The first kappa shape index (κ1) is 27.1. The molecule has 1 N–H and O–H groups in total. The Morgan fingerprint density at radius 2 is 1.57 bits per heavy atom. The average Bonchev–Trinajstić information content (AvgIpc) is 3.36. The van der Waals surface area contributed by atoms with Crippen LogP contribution in [0.15, 0.2) is 91.0 Å². The van der Waals surface area contributed by atoms with E-state index in [1.165, 1.54) is 4.90 Å². The fourth-order valence-corrected chi connectivity index (χ4v) is 5.48. The minimum atomic E-state index is -0.880. The maximum Gasteiger partial charge on any atom is 0.407 e. The van der Waals surface area contributed by atoms with E-state index in [0.717, 1.165) is 39.0 Å². The number of carboxylic acid groups (broad SMARTS) is 1. The molecule has 0 bridgehead atoms. The van der Waals surface area contributed by atoms with Crippen molar-refractivity contribution in [3.63, 3.8) is 0 Å². The minimum absolute atomic E-state index is 0.121. The minimum Gasteiger partial charge on any atom is -0.473 e. The number of hydrogen-bond donors (Lipinski definition) is 1. The SMILES string of the molecule is C[C@H]1CN(c2cccc3c(-c4ccc(OCc5ccccc5)nc4OCc4ccccc4)nn(C)c23)CCN1C(=O)O. The largest absolute Gasteiger partial charge is 0.473 e. The van der Waals surface area contributed by atoms with Crippen molar-refractivity contribution in [3.05, 3.63) is 102 Å². The third-order valence-electron chi connectivity index (χ3n) is 7.60. The second kappa shape index (κ2) is 11.8. The Morgan fingerprint density at radius 1 is 0.881 bits per heavy atom. The summed E-state index contributed by atoms with van der Waals surface area (Å²) in [7, 11) is 1.93. The molecular formula is C33H33N5O4. The van der Waals surface area contributed by atoms with Gasteiger partial charge in [0, 0.05) is 44.2 Å². The molecule has 1 fully saturated rings. The van der Waals surface area contributed by atoms with Gasteiger partial charge in [0.1, 0.15) is 18.9 Å². The molecule has 1 aliphatic heterocycles. The molecule has 5 aromatic rings. The zero-order valence-corrected chi connectivity index (χ0v) is 23.7. The molecule has 1 amide bonds. The third-order valence-corrected chi connectivity index (χ3v) is 7.60. The monoisotopic (exact) mass is 563 g/mol. The highest BCUT2D eigenvalue weighted by Crippen LogP contribution is 2.38. The summed E-state index contributed by atoms with van der Waals surface area (Å²) in [5.41, 5.74) is 5.61. The maximum atomic E-state index is 11.6. The van der Waals surface area contributed by atoms with Crippen LogP contribution >= 0.6 is 0 Å². The second-order valence-corrected chi connectivity index (χ2v) is 10.5. The van der Waals surface area contributed by atoms with Gasteiger partial charge < -0.3 is 24.4 Å². The number of fused-ring (bicyclic) bond motifs is 1. The number of aryl methyl sites for hydroxylation is 1. The van der Waals surface area contributed by atoms with Crippen molar-refractivity contribution in [1.29, 1.82) is 0 Å². The Morgan fingerprint density at radius 3 is 2.24 bits per heavy atom. The maximum absolute atomic E-state index is 11.6. The van der Waals surface area contributed by atoms with E-state index in [9.17, 15) is 9.90 Å². The van der Waals surface area contributed by atoms with E-state index >= 15 is 0 Å². The van der Waals surface area contributed by atoms with Gasteiger partial charge in [0.05, 0.1) is 16.8 Å². The van der Waals surface area contributed by atoms with Crippen LogP contribution in [0.4, 0.5) is 10.5 Å². The molecule has 1 saturated heterocycles. The number of para-hydroxylation sites is 1. The number of hydrogen-bond acceptors (Lipinski definition) is 6. The van der Waals surface area contributed by atoms with E-state index in [-0.39, 0.29) is 6.04 Å². The predicted molar refractivity (Wildman–Crippen MR) is 162 cm³/mol. The van der Waals surface area contributed by atoms with Crippen LogP contribution in [0.25, 0.3) is 22.2 Å². The highest BCUT2D eigenvalue weighted by Gasteiger charge is 2.29. The first-order valence-electron chi connectivity index (χ1n) is 14.0. The number of rotatable bonds is 8. The van der Waals surface area contributed by atoms with E-state index in [1.807, 2.05) is 97.5 Å². The van der Waals surface area contributed by atoms with Crippen LogP contribution in [0.2, 0.25) is 0 Å². The van der Waals surface area contributed by atoms with Crippen molar-refractivity contribution in [1.82, 2.24) is 19.7 Å². The fraction of sp³-hybridized carbons (Fsp3) is 0.242. The Bertz CT molecular complexity index is 1690. The molecule has 0 saturated carbocycles. The highest BCUT2D eigenvalue weighted by atomic mass is 16.5. The number of pyridine rings is 1. The van der Waals surface area contributed by atoms with Gasteiger partial charge in [0.25, 0.3) is 0 Å². The Hall–Kier alpha value is -5.05. The van der Waals surface area contributed by atoms with E-state index in [2.05, 4.69) is 17.0 Å². The Balaban J connectivity index is 1.35.